The number of morpholine rings is 1. The van der Waals surface area contributed by atoms with Gasteiger partial charge in [-0.25, -0.2) is 4.98 Å². The molecular weight excluding hydrogens is 302 g/mol. The average molecular weight is 321 g/mol. The minimum atomic E-state index is -0.137. The lowest BCUT2D eigenvalue weighted by Crippen LogP contribution is -2.46. The van der Waals surface area contributed by atoms with E-state index in [-0.39, 0.29) is 24.1 Å². The molecule has 0 saturated carbocycles. The Balaban J connectivity index is 1.88. The maximum atomic E-state index is 12.6. The first kappa shape index (κ1) is 15.2. The lowest BCUT2D eigenvalue weighted by Gasteiger charge is -2.31. The molecule has 0 aliphatic carbocycles. The molecule has 1 atom stereocenters. The smallest absolute Gasteiger partial charge is 0.262 e. The van der Waals surface area contributed by atoms with Crippen molar-refractivity contribution >= 4 is 27.5 Å². The fraction of sp³-hybridized carbons (Fsp3) is 0.533. The Morgan fingerprint density at radius 3 is 3.00 bits per heavy atom. The molecule has 6 nitrogen and oxygen atoms in total. The first-order chi connectivity index (χ1) is 10.5. The molecule has 118 valence electrons. The predicted octanol–water partition coefficient (Wildman–Crippen LogP) is 1.32. The molecule has 0 N–H and O–H groups in total. The monoisotopic (exact) mass is 321 g/mol. The highest BCUT2D eigenvalue weighted by molar-refractivity contribution is 7.18. The normalized spacial score (nSPS) is 18.9. The van der Waals surface area contributed by atoms with Gasteiger partial charge in [-0.3, -0.25) is 14.2 Å². The Morgan fingerprint density at radius 2 is 2.27 bits per heavy atom. The third-order valence-electron chi connectivity index (χ3n) is 4.06. The van der Waals surface area contributed by atoms with E-state index in [0.29, 0.717) is 25.1 Å². The van der Waals surface area contributed by atoms with Gasteiger partial charge in [-0.15, -0.1) is 11.3 Å². The Labute approximate surface area is 132 Å². The summed E-state index contributed by atoms with van der Waals surface area (Å²) >= 11 is 1.51. The Bertz CT molecular complexity index is 780. The first-order valence-electron chi connectivity index (χ1n) is 7.32. The highest BCUT2D eigenvalue weighted by atomic mass is 32.1. The molecule has 22 heavy (non-hydrogen) atoms. The van der Waals surface area contributed by atoms with Crippen molar-refractivity contribution in [1.29, 1.82) is 0 Å². The molecule has 0 spiro atoms. The maximum absolute atomic E-state index is 12.6. The number of hydrogen-bond acceptors (Lipinski definition) is 5. The van der Waals surface area contributed by atoms with Crippen LogP contribution in [-0.4, -0.2) is 46.2 Å². The minimum absolute atomic E-state index is 0.0306. The van der Waals surface area contributed by atoms with Crippen molar-refractivity contribution in [3.05, 3.63) is 27.1 Å². The van der Waals surface area contributed by atoms with Crippen molar-refractivity contribution in [3.8, 4) is 0 Å². The molecule has 1 amide bonds. The second kappa shape index (κ2) is 5.81. The summed E-state index contributed by atoms with van der Waals surface area (Å²) < 4.78 is 6.84. The van der Waals surface area contributed by atoms with Gasteiger partial charge in [0.25, 0.3) is 5.56 Å². The molecule has 2 aromatic rings. The molecule has 1 unspecified atom stereocenters. The van der Waals surface area contributed by atoms with Gasteiger partial charge < -0.3 is 9.64 Å². The van der Waals surface area contributed by atoms with Crippen molar-refractivity contribution in [1.82, 2.24) is 14.5 Å². The van der Waals surface area contributed by atoms with Crippen LogP contribution in [0.2, 0.25) is 0 Å². The van der Waals surface area contributed by atoms with E-state index in [4.69, 9.17) is 4.74 Å². The van der Waals surface area contributed by atoms with Crippen molar-refractivity contribution in [3.63, 3.8) is 0 Å². The van der Waals surface area contributed by atoms with Gasteiger partial charge >= 0.3 is 0 Å². The summed E-state index contributed by atoms with van der Waals surface area (Å²) in [5.41, 5.74) is 0.820. The number of rotatable bonds is 2. The number of fused-ring (bicyclic) bond motifs is 1. The number of aromatic nitrogens is 2. The number of ether oxygens (including phenoxy) is 1. The van der Waals surface area contributed by atoms with Crippen LogP contribution in [0.4, 0.5) is 0 Å². The standard InChI is InChI=1S/C15H19N3O3S/c1-9-6-17(4-5-21-9)12(19)7-18-8-16-14-13(15(18)20)10(2)11(3)22-14/h8-9H,4-7H2,1-3H3. The van der Waals surface area contributed by atoms with Gasteiger partial charge in [-0.05, 0) is 26.3 Å². The fourth-order valence-electron chi connectivity index (χ4n) is 2.67. The Morgan fingerprint density at radius 1 is 1.50 bits per heavy atom. The van der Waals surface area contributed by atoms with Gasteiger partial charge in [0.2, 0.25) is 5.91 Å². The summed E-state index contributed by atoms with van der Waals surface area (Å²) in [6.45, 7) is 7.56. The van der Waals surface area contributed by atoms with Crippen LogP contribution in [0, 0.1) is 13.8 Å². The molecule has 3 rings (SSSR count). The molecule has 0 bridgehead atoms. The zero-order valence-electron chi connectivity index (χ0n) is 13.0. The number of thiophene rings is 1. The van der Waals surface area contributed by atoms with Gasteiger partial charge in [0.05, 0.1) is 24.4 Å². The molecular formula is C15H19N3O3S. The molecule has 2 aromatic heterocycles. The van der Waals surface area contributed by atoms with Gasteiger partial charge in [0.1, 0.15) is 11.4 Å². The van der Waals surface area contributed by atoms with Crippen molar-refractivity contribution in [2.45, 2.75) is 33.4 Å². The van der Waals surface area contributed by atoms with Crippen LogP contribution in [0.25, 0.3) is 10.2 Å². The minimum Gasteiger partial charge on any atom is -0.375 e. The zero-order chi connectivity index (χ0) is 15.9. The Hall–Kier alpha value is -1.73. The van der Waals surface area contributed by atoms with Crippen LogP contribution < -0.4 is 5.56 Å². The first-order valence-corrected chi connectivity index (χ1v) is 8.13. The second-order valence-electron chi connectivity index (χ2n) is 5.66. The quantitative estimate of drug-likeness (QED) is 0.837. The fourth-order valence-corrected chi connectivity index (χ4v) is 3.66. The summed E-state index contributed by atoms with van der Waals surface area (Å²) in [4.78, 5) is 32.9. The van der Waals surface area contributed by atoms with E-state index in [1.165, 1.54) is 22.2 Å². The van der Waals surface area contributed by atoms with E-state index < -0.39 is 0 Å². The summed E-state index contributed by atoms with van der Waals surface area (Å²) in [5, 5.41) is 0.633. The maximum Gasteiger partial charge on any atom is 0.262 e. The van der Waals surface area contributed by atoms with Crippen LogP contribution in [0.15, 0.2) is 11.1 Å². The molecule has 1 saturated heterocycles. The number of carbonyl (C=O) groups is 1. The third kappa shape index (κ3) is 2.66. The number of amides is 1. The van der Waals surface area contributed by atoms with E-state index in [1.54, 1.807) is 4.90 Å². The molecule has 3 heterocycles. The summed E-state index contributed by atoms with van der Waals surface area (Å²) in [7, 11) is 0. The van der Waals surface area contributed by atoms with Gasteiger partial charge in [-0.1, -0.05) is 0 Å². The number of aryl methyl sites for hydroxylation is 2. The van der Waals surface area contributed by atoms with Crippen LogP contribution >= 0.6 is 11.3 Å². The van der Waals surface area contributed by atoms with Crippen LogP contribution in [-0.2, 0) is 16.1 Å². The highest BCUT2D eigenvalue weighted by Crippen LogP contribution is 2.25. The van der Waals surface area contributed by atoms with Crippen molar-refractivity contribution in [2.24, 2.45) is 0 Å². The lowest BCUT2D eigenvalue weighted by molar-refractivity contribution is -0.138. The molecule has 1 fully saturated rings. The van der Waals surface area contributed by atoms with Gasteiger partial charge in [-0.2, -0.15) is 0 Å². The van der Waals surface area contributed by atoms with Gasteiger partial charge in [0.15, 0.2) is 0 Å². The number of carbonyl (C=O) groups excluding carboxylic acids is 1. The van der Waals surface area contributed by atoms with Crippen LogP contribution in [0.5, 0.6) is 0 Å². The second-order valence-corrected chi connectivity index (χ2v) is 6.87. The summed E-state index contributed by atoms with van der Waals surface area (Å²) in [6, 6.07) is 0. The third-order valence-corrected chi connectivity index (χ3v) is 5.17. The molecule has 7 heteroatoms. The van der Waals surface area contributed by atoms with E-state index in [0.717, 1.165) is 15.3 Å². The van der Waals surface area contributed by atoms with Crippen molar-refractivity contribution in [2.75, 3.05) is 19.7 Å². The number of hydrogen-bond donors (Lipinski definition) is 0. The van der Waals surface area contributed by atoms with Crippen molar-refractivity contribution < 1.29 is 9.53 Å². The SMILES string of the molecule is Cc1sc2ncn(CC(=O)N3CCOC(C)C3)c(=O)c2c1C. The average Bonchev–Trinajstić information content (AvgIpc) is 2.78. The largest absolute Gasteiger partial charge is 0.375 e. The molecule has 1 aliphatic rings. The van der Waals surface area contributed by atoms with Crippen LogP contribution in [0.3, 0.4) is 0 Å². The molecule has 0 radical (unpaired) electrons. The van der Waals surface area contributed by atoms with E-state index in [1.807, 2.05) is 20.8 Å². The van der Waals surface area contributed by atoms with Crippen LogP contribution in [0.1, 0.15) is 17.4 Å². The van der Waals surface area contributed by atoms with Gasteiger partial charge in [0, 0.05) is 18.0 Å². The highest BCUT2D eigenvalue weighted by Gasteiger charge is 2.22. The van der Waals surface area contributed by atoms with E-state index in [2.05, 4.69) is 4.98 Å². The lowest BCUT2D eigenvalue weighted by atomic mass is 10.2. The molecule has 0 aromatic carbocycles. The zero-order valence-corrected chi connectivity index (χ0v) is 13.8. The van der Waals surface area contributed by atoms with E-state index >= 15 is 0 Å². The van der Waals surface area contributed by atoms with E-state index in [9.17, 15) is 9.59 Å². The topological polar surface area (TPSA) is 64.4 Å². The summed E-state index contributed by atoms with van der Waals surface area (Å²) in [5.74, 6) is -0.0667. The predicted molar refractivity (Wildman–Crippen MR) is 85.3 cm³/mol. The number of nitrogens with zero attached hydrogens (tertiary/aromatic N) is 3. The molecule has 1 aliphatic heterocycles. The summed E-state index contributed by atoms with van der Waals surface area (Å²) in [6.07, 6.45) is 1.51. The Kier molecular flexibility index (Phi) is 4.01.